The van der Waals surface area contributed by atoms with Crippen LogP contribution in [0.3, 0.4) is 0 Å². The van der Waals surface area contributed by atoms with Gasteiger partial charge in [-0.3, -0.25) is 19.7 Å². The summed E-state index contributed by atoms with van der Waals surface area (Å²) in [5.74, 6) is -0.134. The number of imide groups is 1. The number of fused-ring (bicyclic) bond motifs is 1. The second-order valence-corrected chi connectivity index (χ2v) is 16.0. The first-order valence-electron chi connectivity index (χ1n) is 20.6. The van der Waals surface area contributed by atoms with Gasteiger partial charge in [0.25, 0.3) is 5.91 Å². The van der Waals surface area contributed by atoms with Crippen molar-refractivity contribution in [2.24, 2.45) is 5.92 Å². The Morgan fingerprint density at radius 1 is 0.754 bits per heavy atom. The number of carbonyl (C=O) groups is 3. The molecule has 3 fully saturated rings. The molecule has 11 heteroatoms. The Kier molecular flexibility index (Phi) is 11.6. The van der Waals surface area contributed by atoms with Gasteiger partial charge in [-0.1, -0.05) is 79.7 Å². The molecule has 3 amide bonds. The van der Waals surface area contributed by atoms with E-state index in [0.717, 1.165) is 92.8 Å². The number of carbonyl (C=O) groups excluding carboxylic acids is 3. The van der Waals surface area contributed by atoms with Gasteiger partial charge in [0.05, 0.1) is 0 Å². The number of anilines is 2. The summed E-state index contributed by atoms with van der Waals surface area (Å²) in [5, 5.41) is 25.7. The van der Waals surface area contributed by atoms with E-state index in [1.165, 1.54) is 16.8 Å². The molecule has 4 aromatic carbocycles. The molecular weight excluding hydrogens is 713 g/mol. The molecule has 4 heterocycles. The lowest BCUT2D eigenvalue weighted by Gasteiger charge is -2.37. The summed E-state index contributed by atoms with van der Waals surface area (Å²) in [6.45, 7) is 7.53. The largest absolute Gasteiger partial charge is 0.488 e. The summed E-state index contributed by atoms with van der Waals surface area (Å²) in [7, 11) is -1.49. The van der Waals surface area contributed by atoms with Crippen molar-refractivity contribution >= 4 is 52.8 Å². The number of nitrogens with zero attached hydrogens (tertiary/aromatic N) is 3. The summed E-state index contributed by atoms with van der Waals surface area (Å²) in [6.07, 6.45) is 5.88. The first-order valence-corrected chi connectivity index (χ1v) is 20.6. The molecule has 4 aromatic rings. The van der Waals surface area contributed by atoms with E-state index in [2.05, 4.69) is 82.0 Å². The lowest BCUT2D eigenvalue weighted by Crippen LogP contribution is -2.52. The molecule has 0 saturated carbocycles. The van der Waals surface area contributed by atoms with Crippen molar-refractivity contribution in [3.63, 3.8) is 0 Å². The maximum absolute atomic E-state index is 13.4. The molecule has 3 saturated heterocycles. The highest BCUT2D eigenvalue weighted by Gasteiger charge is 2.39. The third kappa shape index (κ3) is 8.42. The van der Waals surface area contributed by atoms with Gasteiger partial charge in [0.2, 0.25) is 11.8 Å². The summed E-state index contributed by atoms with van der Waals surface area (Å²) in [5.41, 5.74) is 10.2. The minimum atomic E-state index is -1.49. The predicted molar refractivity (Wildman–Crippen MR) is 226 cm³/mol. The van der Waals surface area contributed by atoms with E-state index in [1.54, 1.807) is 17.0 Å². The zero-order valence-electron chi connectivity index (χ0n) is 32.7. The van der Waals surface area contributed by atoms with Crippen LogP contribution in [0.5, 0.6) is 0 Å². The number of hydrogen-bond acceptors (Lipinski definition) is 8. The van der Waals surface area contributed by atoms with E-state index < -0.39 is 13.2 Å². The topological polar surface area (TPSA) is 125 Å². The van der Waals surface area contributed by atoms with Crippen LogP contribution in [0.25, 0.3) is 11.1 Å². The molecule has 294 valence electrons. The lowest BCUT2D eigenvalue weighted by molar-refractivity contribution is -0.136. The number of rotatable bonds is 11. The SMILES string of the molecule is CC/C(=C(/c1ccc(B(O)O)cc1)c1ccc(N2CCC(CNC3CCN(c4ccc5c(c4)C(=O)N(C4CCC(=O)NC4=O)C5)CC3)CC2)cc1)c1ccccc1. The number of nitrogens with one attached hydrogen (secondary N) is 2. The molecule has 1 unspecified atom stereocenters. The van der Waals surface area contributed by atoms with Crippen molar-refractivity contribution in [3.05, 3.63) is 125 Å². The first-order chi connectivity index (χ1) is 27.7. The Bertz CT molecular complexity index is 2110. The van der Waals surface area contributed by atoms with E-state index in [9.17, 15) is 24.4 Å². The van der Waals surface area contributed by atoms with Gasteiger partial charge in [-0.2, -0.15) is 0 Å². The smallest absolute Gasteiger partial charge is 0.423 e. The Morgan fingerprint density at radius 2 is 1.39 bits per heavy atom. The lowest BCUT2D eigenvalue weighted by atomic mass is 9.79. The predicted octanol–water partition coefficient (Wildman–Crippen LogP) is 4.97. The van der Waals surface area contributed by atoms with Gasteiger partial charge in [0.1, 0.15) is 6.04 Å². The van der Waals surface area contributed by atoms with Crippen molar-refractivity contribution in [1.29, 1.82) is 0 Å². The Morgan fingerprint density at radius 3 is 2.04 bits per heavy atom. The van der Waals surface area contributed by atoms with Crippen LogP contribution in [0, 0.1) is 5.92 Å². The van der Waals surface area contributed by atoms with E-state index in [-0.39, 0.29) is 24.1 Å². The van der Waals surface area contributed by atoms with Crippen molar-refractivity contribution in [3.8, 4) is 0 Å². The maximum atomic E-state index is 13.4. The van der Waals surface area contributed by atoms with Gasteiger partial charge in [-0.15, -0.1) is 0 Å². The van der Waals surface area contributed by atoms with Crippen molar-refractivity contribution < 1.29 is 24.4 Å². The Hall–Kier alpha value is -5.23. The van der Waals surface area contributed by atoms with E-state index in [1.807, 2.05) is 30.3 Å². The minimum Gasteiger partial charge on any atom is -0.423 e. The van der Waals surface area contributed by atoms with Crippen LogP contribution in [0.2, 0.25) is 0 Å². The highest BCUT2D eigenvalue weighted by Crippen LogP contribution is 2.36. The molecule has 0 aromatic heterocycles. The van der Waals surface area contributed by atoms with Gasteiger partial charge in [0, 0.05) is 62.1 Å². The van der Waals surface area contributed by atoms with Crippen LogP contribution in [0.4, 0.5) is 11.4 Å². The number of allylic oxidation sites excluding steroid dienone is 1. The van der Waals surface area contributed by atoms with Gasteiger partial charge in [0.15, 0.2) is 0 Å². The molecule has 8 rings (SSSR count). The van der Waals surface area contributed by atoms with Gasteiger partial charge in [-0.25, -0.2) is 0 Å². The molecule has 10 nitrogen and oxygen atoms in total. The standard InChI is InChI=1S/C46H52BN5O5/c1-2-40(32-6-4-3-5-7-32)44(33-8-13-36(14-9-33)47(56)57)34-10-15-38(16-11-34)50-24-20-31(21-25-50)29-48-37-22-26-51(27-23-37)39-17-12-35-30-52(46(55)41(35)28-39)42-18-19-43(53)49-45(42)54/h3-17,28,31,37,42,48,56-57H,2,18-27,29-30H2,1H3,(H,49,53,54)/b44-40+. The molecule has 1 atom stereocenters. The molecule has 57 heavy (non-hydrogen) atoms. The highest BCUT2D eigenvalue weighted by molar-refractivity contribution is 6.58. The third-order valence-corrected chi connectivity index (χ3v) is 12.5. The quantitative estimate of drug-likeness (QED) is 0.0960. The number of piperidine rings is 3. The van der Waals surface area contributed by atoms with Crippen LogP contribution >= 0.6 is 0 Å². The highest BCUT2D eigenvalue weighted by atomic mass is 16.4. The normalized spacial score (nSPS) is 19.7. The average Bonchev–Trinajstić information content (AvgIpc) is 3.57. The molecule has 0 radical (unpaired) electrons. The number of hydrogen-bond donors (Lipinski definition) is 4. The molecule has 4 aliphatic heterocycles. The van der Waals surface area contributed by atoms with Crippen LogP contribution in [0.1, 0.15) is 84.5 Å². The van der Waals surface area contributed by atoms with E-state index >= 15 is 0 Å². The van der Waals surface area contributed by atoms with Crippen LogP contribution in [0.15, 0.2) is 97.1 Å². The summed E-state index contributed by atoms with van der Waals surface area (Å²) in [4.78, 5) is 43.9. The number of benzene rings is 4. The average molecular weight is 766 g/mol. The zero-order chi connectivity index (χ0) is 39.5. The first kappa shape index (κ1) is 38.6. The minimum absolute atomic E-state index is 0.124. The van der Waals surface area contributed by atoms with Crippen LogP contribution < -0.4 is 25.9 Å². The fourth-order valence-electron chi connectivity index (χ4n) is 9.15. The van der Waals surface area contributed by atoms with Crippen LogP contribution in [-0.2, 0) is 16.1 Å². The molecule has 4 aliphatic rings. The summed E-state index contributed by atoms with van der Waals surface area (Å²) >= 11 is 0. The third-order valence-electron chi connectivity index (χ3n) is 12.5. The second-order valence-electron chi connectivity index (χ2n) is 16.0. The van der Waals surface area contributed by atoms with Gasteiger partial charge < -0.3 is 30.1 Å². The fourth-order valence-corrected chi connectivity index (χ4v) is 9.15. The maximum Gasteiger partial charge on any atom is 0.488 e. The molecule has 4 N–H and O–H groups in total. The molecule has 0 spiro atoms. The van der Waals surface area contributed by atoms with Crippen molar-refractivity contribution in [2.75, 3.05) is 42.5 Å². The fraction of sp³-hybridized carbons (Fsp3) is 0.370. The summed E-state index contributed by atoms with van der Waals surface area (Å²) in [6, 6.07) is 33.0. The van der Waals surface area contributed by atoms with Gasteiger partial charge >= 0.3 is 7.12 Å². The Labute approximate surface area is 335 Å². The zero-order valence-corrected chi connectivity index (χ0v) is 32.7. The van der Waals surface area contributed by atoms with Crippen molar-refractivity contribution in [2.45, 2.75) is 70.5 Å². The summed E-state index contributed by atoms with van der Waals surface area (Å²) < 4.78 is 0. The second kappa shape index (κ2) is 17.1. The van der Waals surface area contributed by atoms with E-state index in [0.29, 0.717) is 36.0 Å². The molecular formula is C46H52BN5O5. The Balaban J connectivity index is 0.832. The van der Waals surface area contributed by atoms with E-state index in [4.69, 9.17) is 0 Å². The number of amides is 3. The molecule has 0 aliphatic carbocycles. The van der Waals surface area contributed by atoms with Crippen LogP contribution in [-0.4, -0.2) is 84.6 Å². The monoisotopic (exact) mass is 765 g/mol. The van der Waals surface area contributed by atoms with Gasteiger partial charge in [-0.05, 0) is 114 Å². The van der Waals surface area contributed by atoms with Crippen molar-refractivity contribution in [1.82, 2.24) is 15.5 Å². The molecule has 0 bridgehead atoms.